The molecular weight excluding hydrogens is 711 g/mol. The molecule has 0 unspecified atom stereocenters. The quantitative estimate of drug-likeness (QED) is 0.163. The molecule has 0 aliphatic heterocycles. The largest absolute Gasteiger partial charge is 0.310 e. The lowest BCUT2D eigenvalue weighted by molar-refractivity contribution is 0.660. The summed E-state index contributed by atoms with van der Waals surface area (Å²) in [5, 5.41) is 2.24. The average molecular weight is 760 g/mol. The Morgan fingerprint density at radius 3 is 1.71 bits per heavy atom. The van der Waals surface area contributed by atoms with Gasteiger partial charge < -0.3 is 4.90 Å². The highest BCUT2D eigenvalue weighted by Crippen LogP contribution is 2.53. The van der Waals surface area contributed by atoms with Gasteiger partial charge in [0.05, 0.1) is 5.48 Å². The third-order valence-electron chi connectivity index (χ3n) is 12.9. The van der Waals surface area contributed by atoms with Crippen LogP contribution in [0.15, 0.2) is 200 Å². The smallest absolute Gasteiger partial charge is 0.0645 e. The number of hydrogen-bond donors (Lipinski definition) is 0. The van der Waals surface area contributed by atoms with Gasteiger partial charge in [-0.15, -0.1) is 0 Å². The Morgan fingerprint density at radius 2 is 0.915 bits per heavy atom. The number of hydrogen-bond acceptors (Lipinski definition) is 1. The molecule has 2 aliphatic rings. The molecule has 0 saturated carbocycles. The van der Waals surface area contributed by atoms with E-state index in [1.165, 1.54) is 38.9 Å². The third kappa shape index (κ3) is 5.53. The molecule has 9 aromatic rings. The molecule has 0 bridgehead atoms. The van der Waals surface area contributed by atoms with Gasteiger partial charge in [-0.05, 0) is 131 Å². The Kier molecular flexibility index (Phi) is 7.01. The molecular formula is C58H45N. The summed E-state index contributed by atoms with van der Waals surface area (Å²) in [6.45, 7) is 9.10. The van der Waals surface area contributed by atoms with Crippen LogP contribution in [0.1, 0.15) is 55.4 Å². The van der Waals surface area contributed by atoms with E-state index in [1.807, 2.05) is 47.4 Å². The lowest BCUT2D eigenvalue weighted by atomic mass is 9.79. The molecule has 282 valence electrons. The summed E-state index contributed by atoms with van der Waals surface area (Å²) in [5.74, 6) is 0. The van der Waals surface area contributed by atoms with Crippen molar-refractivity contribution >= 4 is 27.8 Å². The van der Waals surface area contributed by atoms with Crippen LogP contribution in [-0.4, -0.2) is 0 Å². The Morgan fingerprint density at radius 1 is 0.356 bits per heavy atom. The summed E-state index contributed by atoms with van der Waals surface area (Å²) >= 11 is 0. The standard InChI is InChI=1S/C58H45N/c1-57(2)53-24-9-7-19-49(53)51-35-34-45(37-55(51)57)59(44-32-28-40(29-33-44)48-22-13-23-52-50-20-8-10-25-54(50)58(3,4)56(48)52)43-30-26-38(27-31-43)41-16-11-17-42(36-41)47-21-12-15-39-14-5-6-18-46(39)47/h5-37H,1-4H3/i26D,27D,30D,31D. The van der Waals surface area contributed by atoms with Crippen LogP contribution < -0.4 is 4.90 Å². The fourth-order valence-electron chi connectivity index (χ4n) is 10.00. The van der Waals surface area contributed by atoms with Gasteiger partial charge >= 0.3 is 0 Å². The van der Waals surface area contributed by atoms with Gasteiger partial charge in [0.25, 0.3) is 0 Å². The summed E-state index contributed by atoms with van der Waals surface area (Å²) in [4.78, 5) is 1.93. The molecule has 11 rings (SSSR count). The van der Waals surface area contributed by atoms with Crippen LogP contribution in [0.5, 0.6) is 0 Å². The first kappa shape index (κ1) is 31.1. The first-order valence-electron chi connectivity index (χ1n) is 22.5. The molecule has 0 atom stereocenters. The maximum Gasteiger partial charge on any atom is 0.0645 e. The van der Waals surface area contributed by atoms with Crippen molar-refractivity contribution < 1.29 is 5.48 Å². The molecule has 2 aliphatic carbocycles. The van der Waals surface area contributed by atoms with E-state index in [-0.39, 0.29) is 46.3 Å². The summed E-state index contributed by atoms with van der Waals surface area (Å²) in [6.07, 6.45) is 0. The monoisotopic (exact) mass is 759 g/mol. The molecule has 0 heterocycles. The van der Waals surface area contributed by atoms with Crippen LogP contribution in [0, 0.1) is 0 Å². The number of anilines is 3. The van der Waals surface area contributed by atoms with Gasteiger partial charge in [0.1, 0.15) is 0 Å². The predicted molar refractivity (Wildman–Crippen MR) is 250 cm³/mol. The lowest BCUT2D eigenvalue weighted by Gasteiger charge is -2.29. The number of nitrogens with zero attached hydrogens (tertiary/aromatic N) is 1. The number of fused-ring (bicyclic) bond motifs is 7. The molecule has 0 radical (unpaired) electrons. The van der Waals surface area contributed by atoms with Crippen molar-refractivity contribution in [2.45, 2.75) is 38.5 Å². The molecule has 1 nitrogen and oxygen atoms in total. The van der Waals surface area contributed by atoms with Crippen molar-refractivity contribution in [1.82, 2.24) is 0 Å². The number of rotatable bonds is 6. The van der Waals surface area contributed by atoms with E-state index < -0.39 is 0 Å². The Bertz CT molecular complexity index is 3310. The fourth-order valence-corrected chi connectivity index (χ4v) is 10.00. The second-order valence-corrected chi connectivity index (χ2v) is 17.0. The van der Waals surface area contributed by atoms with E-state index in [9.17, 15) is 5.48 Å². The maximum absolute atomic E-state index is 9.75. The zero-order valence-corrected chi connectivity index (χ0v) is 33.7. The van der Waals surface area contributed by atoms with Crippen molar-refractivity contribution in [3.05, 3.63) is 222 Å². The van der Waals surface area contributed by atoms with Crippen LogP contribution in [0.4, 0.5) is 17.1 Å². The minimum atomic E-state index is -0.288. The molecule has 9 aromatic carbocycles. The van der Waals surface area contributed by atoms with Gasteiger partial charge in [0.2, 0.25) is 0 Å². The first-order valence-corrected chi connectivity index (χ1v) is 20.5. The lowest BCUT2D eigenvalue weighted by Crippen LogP contribution is -2.16. The van der Waals surface area contributed by atoms with Gasteiger partial charge in [-0.25, -0.2) is 0 Å². The second kappa shape index (κ2) is 13.3. The van der Waals surface area contributed by atoms with E-state index in [4.69, 9.17) is 0 Å². The number of benzene rings is 9. The highest BCUT2D eigenvalue weighted by atomic mass is 15.1. The Labute approximate surface area is 353 Å². The van der Waals surface area contributed by atoms with Crippen LogP contribution >= 0.6 is 0 Å². The van der Waals surface area contributed by atoms with Crippen molar-refractivity contribution in [2.24, 2.45) is 0 Å². The Hall–Kier alpha value is -6.96. The fraction of sp³-hybridized carbons (Fsp3) is 0.103. The molecule has 0 aromatic heterocycles. The van der Waals surface area contributed by atoms with Gasteiger partial charge in [-0.2, -0.15) is 0 Å². The molecule has 0 N–H and O–H groups in total. The molecule has 1 heteroatoms. The van der Waals surface area contributed by atoms with Gasteiger partial charge in [-0.3, -0.25) is 0 Å². The normalized spacial score (nSPS) is 15.0. The highest BCUT2D eigenvalue weighted by Gasteiger charge is 2.38. The van der Waals surface area contributed by atoms with Crippen LogP contribution in [0.25, 0.3) is 66.4 Å². The minimum absolute atomic E-state index is 0.0850. The molecule has 0 spiro atoms. The van der Waals surface area contributed by atoms with E-state index in [0.29, 0.717) is 5.56 Å². The van der Waals surface area contributed by atoms with Gasteiger partial charge in [-0.1, -0.05) is 185 Å². The topological polar surface area (TPSA) is 3.24 Å². The van der Waals surface area contributed by atoms with E-state index in [0.717, 1.165) is 50.0 Å². The van der Waals surface area contributed by atoms with Crippen molar-refractivity contribution in [2.75, 3.05) is 4.90 Å². The van der Waals surface area contributed by atoms with Crippen molar-refractivity contribution in [3.8, 4) is 55.6 Å². The Balaban J connectivity index is 1.07. The summed E-state index contributed by atoms with van der Waals surface area (Å²) in [6, 6.07) is 60.5. The van der Waals surface area contributed by atoms with Gasteiger partial charge in [0.15, 0.2) is 0 Å². The zero-order chi connectivity index (χ0) is 43.4. The van der Waals surface area contributed by atoms with E-state index in [2.05, 4.69) is 161 Å². The molecule has 0 fully saturated rings. The summed E-state index contributed by atoms with van der Waals surface area (Å²) in [7, 11) is 0. The van der Waals surface area contributed by atoms with E-state index in [1.54, 1.807) is 0 Å². The van der Waals surface area contributed by atoms with Crippen molar-refractivity contribution in [3.63, 3.8) is 0 Å². The maximum atomic E-state index is 9.75. The predicted octanol–water partition coefficient (Wildman–Crippen LogP) is 15.9. The van der Waals surface area contributed by atoms with E-state index >= 15 is 0 Å². The molecule has 59 heavy (non-hydrogen) atoms. The SMILES string of the molecule is [2H]c1c([2H])c(N(c2ccc(-c3cccc4c3C(C)(C)c3ccccc3-4)cc2)c2ccc3c(c2)C(C)(C)c2ccccc2-3)c([2H])c([2H])c1-c1cccc(-c2cccc3ccccc23)c1. The zero-order valence-electron chi connectivity index (χ0n) is 37.7. The van der Waals surface area contributed by atoms with Crippen LogP contribution in [-0.2, 0) is 10.8 Å². The third-order valence-corrected chi connectivity index (χ3v) is 12.9. The molecule has 0 amide bonds. The highest BCUT2D eigenvalue weighted by molar-refractivity contribution is 5.97. The van der Waals surface area contributed by atoms with Crippen LogP contribution in [0.2, 0.25) is 0 Å². The van der Waals surface area contributed by atoms with Gasteiger partial charge in [0, 0.05) is 27.9 Å². The average Bonchev–Trinajstić information content (AvgIpc) is 3.69. The second-order valence-electron chi connectivity index (χ2n) is 17.0. The summed E-state index contributed by atoms with van der Waals surface area (Å²) < 4.78 is 38.7. The molecule has 0 saturated heterocycles. The minimum Gasteiger partial charge on any atom is -0.310 e. The first-order chi connectivity index (χ1) is 30.4. The van der Waals surface area contributed by atoms with Crippen LogP contribution in [0.3, 0.4) is 0 Å². The summed E-state index contributed by atoms with van der Waals surface area (Å²) in [5.41, 5.74) is 16.3. The van der Waals surface area contributed by atoms with Crippen molar-refractivity contribution in [1.29, 1.82) is 0 Å².